The van der Waals surface area contributed by atoms with Gasteiger partial charge in [-0.3, -0.25) is 4.79 Å². The van der Waals surface area contributed by atoms with Crippen molar-refractivity contribution in [3.63, 3.8) is 0 Å². The summed E-state index contributed by atoms with van der Waals surface area (Å²) in [5.74, 6) is -0.422. The second kappa shape index (κ2) is 7.93. The maximum absolute atomic E-state index is 12.4. The normalized spacial score (nSPS) is 32.0. The van der Waals surface area contributed by atoms with Crippen LogP contribution in [0.3, 0.4) is 0 Å². The fourth-order valence-electron chi connectivity index (χ4n) is 3.67. The molecular weight excluding hydrogens is 332 g/mol. The lowest BCUT2D eigenvalue weighted by atomic mass is 9.86. The third kappa shape index (κ3) is 4.55. The van der Waals surface area contributed by atoms with Crippen molar-refractivity contribution < 1.29 is 38.1 Å². The molecule has 0 N–H and O–H groups in total. The zero-order chi connectivity index (χ0) is 17.8. The van der Waals surface area contributed by atoms with Crippen molar-refractivity contribution in [3.8, 4) is 0 Å². The van der Waals surface area contributed by atoms with E-state index in [0.29, 0.717) is 25.9 Å². The molecule has 1 saturated carbocycles. The maximum Gasteiger partial charge on any atom is 0.509 e. The summed E-state index contributed by atoms with van der Waals surface area (Å²) in [4.78, 5) is 34.6. The fourth-order valence-corrected chi connectivity index (χ4v) is 3.67. The summed E-state index contributed by atoms with van der Waals surface area (Å²) in [5, 5.41) is 0. The molecule has 5 unspecified atom stereocenters. The van der Waals surface area contributed by atoms with Gasteiger partial charge in [0.1, 0.15) is 24.9 Å². The van der Waals surface area contributed by atoms with Crippen LogP contribution in [-0.4, -0.2) is 49.8 Å². The van der Waals surface area contributed by atoms with Crippen molar-refractivity contribution in [1.29, 1.82) is 0 Å². The number of cyclic esters (lactones) is 2. The van der Waals surface area contributed by atoms with Crippen molar-refractivity contribution in [2.45, 2.75) is 63.8 Å². The van der Waals surface area contributed by atoms with E-state index in [4.69, 9.17) is 23.7 Å². The van der Waals surface area contributed by atoms with Crippen LogP contribution < -0.4 is 0 Å². The highest BCUT2D eigenvalue weighted by Gasteiger charge is 2.42. The van der Waals surface area contributed by atoms with Crippen LogP contribution in [-0.2, 0) is 28.5 Å². The number of carbonyl (C=O) groups is 3. The molecule has 5 atom stereocenters. The number of ether oxygens (including phenoxy) is 5. The molecule has 0 aromatic carbocycles. The highest BCUT2D eigenvalue weighted by atomic mass is 16.8. The summed E-state index contributed by atoms with van der Waals surface area (Å²) in [6.45, 7) is 2.48. The second-order valence-electron chi connectivity index (χ2n) is 6.89. The van der Waals surface area contributed by atoms with E-state index in [0.717, 1.165) is 19.3 Å². The van der Waals surface area contributed by atoms with Gasteiger partial charge in [-0.2, -0.15) is 0 Å². The first-order chi connectivity index (χ1) is 12.0. The molecule has 3 aliphatic rings. The molecule has 3 fully saturated rings. The molecular formula is C17H24O8. The van der Waals surface area contributed by atoms with Crippen molar-refractivity contribution in [3.05, 3.63) is 0 Å². The van der Waals surface area contributed by atoms with Crippen molar-refractivity contribution in [2.24, 2.45) is 11.8 Å². The molecule has 25 heavy (non-hydrogen) atoms. The number of hydrogen-bond donors (Lipinski definition) is 0. The Bertz CT molecular complexity index is 519. The molecule has 2 heterocycles. The first-order valence-corrected chi connectivity index (χ1v) is 8.92. The summed E-state index contributed by atoms with van der Waals surface area (Å²) in [6.07, 6.45) is 2.06. The predicted octanol–water partition coefficient (Wildman–Crippen LogP) is 2.58. The third-order valence-corrected chi connectivity index (χ3v) is 4.96. The Morgan fingerprint density at radius 2 is 1.96 bits per heavy atom. The van der Waals surface area contributed by atoms with E-state index in [-0.39, 0.29) is 42.7 Å². The smallest absolute Gasteiger partial charge is 0.465 e. The van der Waals surface area contributed by atoms with E-state index in [1.165, 1.54) is 0 Å². The predicted molar refractivity (Wildman–Crippen MR) is 82.7 cm³/mol. The average molecular weight is 356 g/mol. The van der Waals surface area contributed by atoms with Gasteiger partial charge in [0.25, 0.3) is 0 Å². The monoisotopic (exact) mass is 356 g/mol. The Labute approximate surface area is 146 Å². The summed E-state index contributed by atoms with van der Waals surface area (Å²) >= 11 is 0. The third-order valence-electron chi connectivity index (χ3n) is 4.96. The van der Waals surface area contributed by atoms with E-state index in [2.05, 4.69) is 0 Å². The molecule has 140 valence electrons. The van der Waals surface area contributed by atoms with Gasteiger partial charge in [-0.25, -0.2) is 9.59 Å². The number of rotatable bonds is 7. The van der Waals surface area contributed by atoms with E-state index in [9.17, 15) is 14.4 Å². The van der Waals surface area contributed by atoms with E-state index >= 15 is 0 Å². The Morgan fingerprint density at radius 1 is 1.16 bits per heavy atom. The number of hydrogen-bond acceptors (Lipinski definition) is 8. The van der Waals surface area contributed by atoms with Gasteiger partial charge in [0, 0.05) is 6.42 Å². The lowest BCUT2D eigenvalue weighted by Gasteiger charge is -2.28. The number of fused-ring (bicyclic) bond motifs is 1. The Hall–Kier alpha value is -1.99. The summed E-state index contributed by atoms with van der Waals surface area (Å²) in [7, 11) is 0. The van der Waals surface area contributed by atoms with Crippen LogP contribution in [0.1, 0.15) is 45.4 Å². The van der Waals surface area contributed by atoms with Gasteiger partial charge < -0.3 is 23.7 Å². The molecule has 8 nitrogen and oxygen atoms in total. The minimum absolute atomic E-state index is 0.162. The second-order valence-corrected chi connectivity index (χ2v) is 6.89. The molecule has 0 radical (unpaired) electrons. The highest BCUT2D eigenvalue weighted by Crippen LogP contribution is 2.33. The van der Waals surface area contributed by atoms with Gasteiger partial charge in [-0.05, 0) is 31.6 Å². The zero-order valence-corrected chi connectivity index (χ0v) is 14.3. The van der Waals surface area contributed by atoms with Crippen molar-refractivity contribution in [1.82, 2.24) is 0 Å². The molecule has 0 bridgehead atoms. The van der Waals surface area contributed by atoms with Crippen LogP contribution in [0, 0.1) is 11.8 Å². The highest BCUT2D eigenvalue weighted by molar-refractivity contribution is 5.72. The van der Waals surface area contributed by atoms with Crippen LogP contribution in [0.25, 0.3) is 0 Å². The van der Waals surface area contributed by atoms with Crippen LogP contribution in [0.2, 0.25) is 0 Å². The van der Waals surface area contributed by atoms with Crippen LogP contribution in [0.15, 0.2) is 0 Å². The molecule has 1 aliphatic carbocycles. The Kier molecular flexibility index (Phi) is 5.65. The molecule has 2 aliphatic heterocycles. The lowest BCUT2D eigenvalue weighted by Crippen LogP contribution is -2.34. The lowest BCUT2D eigenvalue weighted by molar-refractivity contribution is -0.152. The number of carbonyl (C=O) groups excluding carboxylic acids is 3. The maximum atomic E-state index is 12.4. The van der Waals surface area contributed by atoms with Gasteiger partial charge in [-0.1, -0.05) is 13.3 Å². The molecule has 0 amide bonds. The van der Waals surface area contributed by atoms with E-state index in [1.807, 2.05) is 6.92 Å². The quantitative estimate of drug-likeness (QED) is 0.507. The fraction of sp³-hybridized carbons (Fsp3) is 0.824. The summed E-state index contributed by atoms with van der Waals surface area (Å²) in [5.41, 5.74) is 0. The van der Waals surface area contributed by atoms with Crippen LogP contribution >= 0.6 is 0 Å². The zero-order valence-electron chi connectivity index (χ0n) is 14.3. The van der Waals surface area contributed by atoms with Crippen LogP contribution in [0.4, 0.5) is 9.59 Å². The molecule has 3 rings (SSSR count). The Morgan fingerprint density at radius 3 is 2.68 bits per heavy atom. The standard InChI is InChI=1S/C17H24O8/c1-2-3-11(7-12-9-22-16(19)23-12)15(18)21-8-10-4-5-13-14(6-10)25-17(20)24-13/h10-14H,2-9H2,1H3. The van der Waals surface area contributed by atoms with Gasteiger partial charge in [0.05, 0.1) is 12.5 Å². The van der Waals surface area contributed by atoms with Gasteiger partial charge >= 0.3 is 18.3 Å². The molecule has 0 aromatic rings. The molecule has 0 spiro atoms. The number of esters is 1. The first kappa shape index (κ1) is 17.8. The van der Waals surface area contributed by atoms with Gasteiger partial charge in [-0.15, -0.1) is 0 Å². The summed E-state index contributed by atoms with van der Waals surface area (Å²) in [6, 6.07) is 0. The van der Waals surface area contributed by atoms with Crippen molar-refractivity contribution in [2.75, 3.05) is 13.2 Å². The molecule has 8 heteroatoms. The van der Waals surface area contributed by atoms with E-state index < -0.39 is 12.3 Å². The molecule has 0 aromatic heterocycles. The minimum Gasteiger partial charge on any atom is -0.465 e. The largest absolute Gasteiger partial charge is 0.509 e. The SMILES string of the molecule is CCCC(CC1COC(=O)O1)C(=O)OCC1CCC2OC(=O)OC2C1. The van der Waals surface area contributed by atoms with Crippen molar-refractivity contribution >= 4 is 18.3 Å². The van der Waals surface area contributed by atoms with Gasteiger partial charge in [0.15, 0.2) is 0 Å². The molecule has 2 saturated heterocycles. The minimum atomic E-state index is -0.682. The average Bonchev–Trinajstić information content (AvgIpc) is 3.16. The summed E-state index contributed by atoms with van der Waals surface area (Å²) < 4.78 is 25.5. The topological polar surface area (TPSA) is 97.4 Å². The van der Waals surface area contributed by atoms with E-state index in [1.54, 1.807) is 0 Å². The van der Waals surface area contributed by atoms with Gasteiger partial charge in [0.2, 0.25) is 0 Å². The Balaban J connectivity index is 1.44. The first-order valence-electron chi connectivity index (χ1n) is 8.92. The van der Waals surface area contributed by atoms with Crippen LogP contribution in [0.5, 0.6) is 0 Å².